The second kappa shape index (κ2) is 4.30. The van der Waals surface area contributed by atoms with Crippen LogP contribution in [0.15, 0.2) is 0 Å². The van der Waals surface area contributed by atoms with Crippen molar-refractivity contribution in [2.45, 2.75) is 51.1 Å². The molecule has 1 heterocycles. The van der Waals surface area contributed by atoms with Crippen molar-refractivity contribution in [2.75, 3.05) is 6.54 Å². The average Bonchev–Trinajstić information content (AvgIpc) is 2.23. The monoisotopic (exact) mass is 196 g/mol. The molecule has 1 aliphatic heterocycles. The normalized spacial score (nSPS) is 35.4. The van der Waals surface area contributed by atoms with Gasteiger partial charge in [0.2, 0.25) is 5.91 Å². The SMILES string of the molecule is CC1NC(C2CCCCC2)CNC1=O. The number of piperazine rings is 1. The van der Waals surface area contributed by atoms with Crippen molar-refractivity contribution in [1.82, 2.24) is 10.6 Å². The summed E-state index contributed by atoms with van der Waals surface area (Å²) in [7, 11) is 0. The minimum absolute atomic E-state index is 0.00400. The molecule has 2 rings (SSSR count). The number of carbonyl (C=O) groups is 1. The molecule has 2 unspecified atom stereocenters. The molecule has 0 spiro atoms. The summed E-state index contributed by atoms with van der Waals surface area (Å²) >= 11 is 0. The average molecular weight is 196 g/mol. The van der Waals surface area contributed by atoms with Crippen LogP contribution in [0.4, 0.5) is 0 Å². The van der Waals surface area contributed by atoms with Crippen molar-refractivity contribution in [2.24, 2.45) is 5.92 Å². The zero-order valence-corrected chi connectivity index (χ0v) is 8.88. The molecule has 0 radical (unpaired) electrons. The zero-order chi connectivity index (χ0) is 9.97. The predicted molar refractivity (Wildman–Crippen MR) is 56.0 cm³/mol. The van der Waals surface area contributed by atoms with E-state index in [1.807, 2.05) is 6.92 Å². The Morgan fingerprint density at radius 1 is 1.21 bits per heavy atom. The summed E-state index contributed by atoms with van der Waals surface area (Å²) in [5.74, 6) is 0.934. The molecule has 2 fully saturated rings. The molecular weight excluding hydrogens is 176 g/mol. The second-order valence-corrected chi connectivity index (χ2v) is 4.64. The van der Waals surface area contributed by atoms with E-state index in [9.17, 15) is 4.79 Å². The summed E-state index contributed by atoms with van der Waals surface area (Å²) < 4.78 is 0. The van der Waals surface area contributed by atoms with Crippen LogP contribution >= 0.6 is 0 Å². The van der Waals surface area contributed by atoms with Crippen LogP contribution in [-0.4, -0.2) is 24.5 Å². The van der Waals surface area contributed by atoms with Crippen LogP contribution in [0.3, 0.4) is 0 Å². The van der Waals surface area contributed by atoms with Crippen LogP contribution in [0, 0.1) is 5.92 Å². The molecule has 0 aromatic rings. The highest BCUT2D eigenvalue weighted by atomic mass is 16.2. The molecule has 1 saturated carbocycles. The third kappa shape index (κ3) is 2.08. The third-order valence-corrected chi connectivity index (χ3v) is 3.57. The topological polar surface area (TPSA) is 41.1 Å². The van der Waals surface area contributed by atoms with Gasteiger partial charge in [0.05, 0.1) is 6.04 Å². The first-order chi connectivity index (χ1) is 6.77. The fourth-order valence-electron chi connectivity index (χ4n) is 2.66. The Morgan fingerprint density at radius 3 is 2.57 bits per heavy atom. The van der Waals surface area contributed by atoms with Crippen LogP contribution in [0.2, 0.25) is 0 Å². The van der Waals surface area contributed by atoms with Crippen LogP contribution in [-0.2, 0) is 4.79 Å². The van der Waals surface area contributed by atoms with Gasteiger partial charge in [-0.05, 0) is 25.7 Å². The van der Waals surface area contributed by atoms with Gasteiger partial charge in [0.25, 0.3) is 0 Å². The van der Waals surface area contributed by atoms with Crippen molar-refractivity contribution in [3.05, 3.63) is 0 Å². The number of hydrogen-bond acceptors (Lipinski definition) is 2. The first-order valence-electron chi connectivity index (χ1n) is 5.81. The number of rotatable bonds is 1. The standard InChI is InChI=1S/C11H20N2O/c1-8-11(14)12-7-10(13-8)9-5-3-2-4-6-9/h8-10,13H,2-7H2,1H3,(H,12,14). The lowest BCUT2D eigenvalue weighted by Gasteiger charge is -2.36. The molecule has 1 aliphatic carbocycles. The maximum absolute atomic E-state index is 11.2. The molecule has 2 aliphatic rings. The van der Waals surface area contributed by atoms with Gasteiger partial charge in [0.15, 0.2) is 0 Å². The van der Waals surface area contributed by atoms with Gasteiger partial charge in [-0.25, -0.2) is 0 Å². The lowest BCUT2D eigenvalue weighted by molar-refractivity contribution is -0.124. The number of hydrogen-bond donors (Lipinski definition) is 2. The summed E-state index contributed by atoms with van der Waals surface area (Å²) in [5.41, 5.74) is 0. The molecular formula is C11H20N2O. The molecule has 80 valence electrons. The van der Waals surface area contributed by atoms with Crippen LogP contribution in [0.5, 0.6) is 0 Å². The van der Waals surface area contributed by atoms with Crippen molar-refractivity contribution in [1.29, 1.82) is 0 Å². The van der Waals surface area contributed by atoms with Gasteiger partial charge in [-0.15, -0.1) is 0 Å². The van der Waals surface area contributed by atoms with Crippen molar-refractivity contribution >= 4 is 5.91 Å². The minimum atomic E-state index is -0.00400. The Morgan fingerprint density at radius 2 is 1.93 bits per heavy atom. The predicted octanol–water partition coefficient (Wildman–Crippen LogP) is 1.04. The van der Waals surface area contributed by atoms with Crippen molar-refractivity contribution in [3.8, 4) is 0 Å². The smallest absolute Gasteiger partial charge is 0.236 e. The van der Waals surface area contributed by atoms with Gasteiger partial charge in [-0.1, -0.05) is 19.3 Å². The quantitative estimate of drug-likeness (QED) is 0.658. The number of amides is 1. The van der Waals surface area contributed by atoms with E-state index in [2.05, 4.69) is 10.6 Å². The fourth-order valence-corrected chi connectivity index (χ4v) is 2.66. The van der Waals surface area contributed by atoms with Gasteiger partial charge < -0.3 is 10.6 Å². The molecule has 3 heteroatoms. The molecule has 0 aromatic carbocycles. The minimum Gasteiger partial charge on any atom is -0.353 e. The Labute approximate surface area is 85.6 Å². The molecule has 3 nitrogen and oxygen atoms in total. The number of nitrogens with one attached hydrogen (secondary N) is 2. The van der Waals surface area contributed by atoms with E-state index in [-0.39, 0.29) is 11.9 Å². The fraction of sp³-hybridized carbons (Fsp3) is 0.909. The van der Waals surface area contributed by atoms with E-state index in [4.69, 9.17) is 0 Å². The Kier molecular flexibility index (Phi) is 3.06. The Balaban J connectivity index is 1.88. The maximum atomic E-state index is 11.2. The Bertz CT molecular complexity index is 211. The van der Waals surface area contributed by atoms with Crippen molar-refractivity contribution < 1.29 is 4.79 Å². The molecule has 1 saturated heterocycles. The molecule has 2 atom stereocenters. The zero-order valence-electron chi connectivity index (χ0n) is 8.88. The first kappa shape index (κ1) is 9.97. The lowest BCUT2D eigenvalue weighted by Crippen LogP contribution is -2.59. The summed E-state index contributed by atoms with van der Waals surface area (Å²) in [6.07, 6.45) is 6.79. The lowest BCUT2D eigenvalue weighted by atomic mass is 9.83. The van der Waals surface area contributed by atoms with Gasteiger partial charge in [-0.2, -0.15) is 0 Å². The van der Waals surface area contributed by atoms with E-state index in [0.29, 0.717) is 6.04 Å². The first-order valence-corrected chi connectivity index (χ1v) is 5.81. The van der Waals surface area contributed by atoms with Crippen LogP contribution < -0.4 is 10.6 Å². The highest BCUT2D eigenvalue weighted by Crippen LogP contribution is 2.27. The largest absolute Gasteiger partial charge is 0.353 e. The number of carbonyl (C=O) groups excluding carboxylic acids is 1. The van der Waals surface area contributed by atoms with E-state index in [1.165, 1.54) is 32.1 Å². The van der Waals surface area contributed by atoms with E-state index < -0.39 is 0 Å². The van der Waals surface area contributed by atoms with Gasteiger partial charge >= 0.3 is 0 Å². The summed E-state index contributed by atoms with van der Waals surface area (Å²) in [6, 6.07) is 0.513. The second-order valence-electron chi connectivity index (χ2n) is 4.64. The Hall–Kier alpha value is -0.570. The van der Waals surface area contributed by atoms with Crippen LogP contribution in [0.1, 0.15) is 39.0 Å². The highest BCUT2D eigenvalue weighted by molar-refractivity contribution is 5.82. The molecule has 0 bridgehead atoms. The van der Waals surface area contributed by atoms with Gasteiger partial charge in [-0.3, -0.25) is 4.79 Å². The molecule has 2 N–H and O–H groups in total. The summed E-state index contributed by atoms with van der Waals surface area (Å²) in [6.45, 7) is 2.78. The maximum Gasteiger partial charge on any atom is 0.236 e. The highest BCUT2D eigenvalue weighted by Gasteiger charge is 2.30. The van der Waals surface area contributed by atoms with Crippen LogP contribution in [0.25, 0.3) is 0 Å². The summed E-state index contributed by atoms with van der Waals surface area (Å²) in [5, 5.41) is 6.40. The molecule has 1 amide bonds. The van der Waals surface area contributed by atoms with E-state index in [0.717, 1.165) is 12.5 Å². The van der Waals surface area contributed by atoms with Gasteiger partial charge in [0.1, 0.15) is 0 Å². The van der Waals surface area contributed by atoms with E-state index in [1.54, 1.807) is 0 Å². The van der Waals surface area contributed by atoms with E-state index >= 15 is 0 Å². The third-order valence-electron chi connectivity index (χ3n) is 3.57. The summed E-state index contributed by atoms with van der Waals surface area (Å²) in [4.78, 5) is 11.2. The van der Waals surface area contributed by atoms with Gasteiger partial charge in [0, 0.05) is 12.6 Å². The molecule has 0 aromatic heterocycles. The van der Waals surface area contributed by atoms with Crippen molar-refractivity contribution in [3.63, 3.8) is 0 Å². The molecule has 14 heavy (non-hydrogen) atoms.